The highest BCUT2D eigenvalue weighted by Gasteiger charge is 2.73. The molecule has 2 aliphatic carbocycles. The topological polar surface area (TPSA) is 72.2 Å². The molecule has 0 aromatic carbocycles. The van der Waals surface area contributed by atoms with Gasteiger partial charge in [-0.3, -0.25) is 9.59 Å². The maximum absolute atomic E-state index is 12.5. The minimum atomic E-state index is -0.535. The molecule has 0 aromatic heterocycles. The van der Waals surface area contributed by atoms with E-state index in [4.69, 9.17) is 5.73 Å². The first-order valence-corrected chi connectivity index (χ1v) is 7.58. The first kappa shape index (κ1) is 14.0. The molecule has 0 saturated heterocycles. The average molecular weight is 317 g/mol. The molecular formula is C13H21BrN2O2. The Labute approximate surface area is 116 Å². The maximum atomic E-state index is 12.5. The monoisotopic (exact) mass is 316 g/mol. The Morgan fingerprint density at radius 3 is 2.56 bits per heavy atom. The zero-order valence-electron chi connectivity index (χ0n) is 11.0. The van der Waals surface area contributed by atoms with Crippen LogP contribution in [-0.2, 0) is 9.59 Å². The minimum Gasteiger partial charge on any atom is -0.354 e. The summed E-state index contributed by atoms with van der Waals surface area (Å²) in [5, 5.41) is 3.53. The summed E-state index contributed by atoms with van der Waals surface area (Å²) in [5.74, 6) is 0.241. The van der Waals surface area contributed by atoms with Gasteiger partial charge < -0.3 is 11.1 Å². The Hall–Kier alpha value is -0.420. The van der Waals surface area contributed by atoms with Crippen molar-refractivity contribution in [2.24, 2.45) is 22.0 Å². The molecule has 102 valence electrons. The molecule has 0 heterocycles. The highest BCUT2D eigenvalue weighted by atomic mass is 79.9. The quantitative estimate of drug-likeness (QED) is 0.766. The van der Waals surface area contributed by atoms with Gasteiger partial charge in [-0.1, -0.05) is 29.8 Å². The second kappa shape index (κ2) is 4.30. The normalized spacial score (nSPS) is 37.0. The number of carbonyl (C=O) groups is 2. The van der Waals surface area contributed by atoms with Crippen molar-refractivity contribution in [3.63, 3.8) is 0 Å². The largest absolute Gasteiger partial charge is 0.354 e. The van der Waals surface area contributed by atoms with E-state index in [1.165, 1.54) is 0 Å². The molecule has 3 N–H and O–H groups in total. The number of carbonyl (C=O) groups excluding carboxylic acids is 2. The van der Waals surface area contributed by atoms with Gasteiger partial charge in [-0.05, 0) is 18.3 Å². The number of nitrogens with one attached hydrogen (secondary N) is 1. The number of fused-ring (bicyclic) bond motifs is 2. The number of Topliss-reactive ketones (excluding diaryl/α,β-unsaturated/α-hetero) is 1. The summed E-state index contributed by atoms with van der Waals surface area (Å²) in [7, 11) is 0. The standard InChI is InChI=1S/C13H21BrN2O2/c1-11(2)12(10(18)16-6-5-15)3-4-13(11,8-14)9(17)7-12/h3-8,15H2,1-2H3,(H,16,18)/t12-,13+/m0/s1. The molecule has 0 unspecified atom stereocenters. The van der Waals surface area contributed by atoms with E-state index in [0.29, 0.717) is 24.8 Å². The number of nitrogens with two attached hydrogens (primary N) is 1. The van der Waals surface area contributed by atoms with Gasteiger partial charge in [-0.15, -0.1) is 0 Å². The fourth-order valence-electron chi connectivity index (χ4n) is 3.89. The van der Waals surface area contributed by atoms with Crippen LogP contribution in [0.15, 0.2) is 0 Å². The fourth-order valence-corrected chi connectivity index (χ4v) is 5.19. The molecule has 18 heavy (non-hydrogen) atoms. The summed E-state index contributed by atoms with van der Waals surface area (Å²) in [6.07, 6.45) is 1.98. The lowest BCUT2D eigenvalue weighted by Crippen LogP contribution is -2.48. The van der Waals surface area contributed by atoms with Crippen LogP contribution in [-0.4, -0.2) is 30.1 Å². The van der Waals surface area contributed by atoms with Crippen LogP contribution in [0.5, 0.6) is 0 Å². The van der Waals surface area contributed by atoms with E-state index in [1.807, 2.05) is 0 Å². The third-order valence-corrected chi connectivity index (χ3v) is 6.42. The van der Waals surface area contributed by atoms with Crippen molar-refractivity contribution in [3.05, 3.63) is 0 Å². The van der Waals surface area contributed by atoms with Gasteiger partial charge in [0.05, 0.1) is 5.41 Å². The lowest BCUT2D eigenvalue weighted by Gasteiger charge is -2.39. The summed E-state index contributed by atoms with van der Waals surface area (Å²) >= 11 is 3.49. The molecular weight excluding hydrogens is 296 g/mol. The van der Waals surface area contributed by atoms with E-state index in [9.17, 15) is 9.59 Å². The summed E-state index contributed by atoms with van der Waals surface area (Å²) in [6.45, 7) is 5.04. The highest BCUT2D eigenvalue weighted by molar-refractivity contribution is 9.09. The summed E-state index contributed by atoms with van der Waals surface area (Å²) in [5.41, 5.74) is 4.23. The molecule has 2 aliphatic rings. The van der Waals surface area contributed by atoms with Crippen molar-refractivity contribution in [3.8, 4) is 0 Å². The third-order valence-electron chi connectivity index (χ3n) is 5.46. The van der Waals surface area contributed by atoms with Crippen LogP contribution in [0.25, 0.3) is 0 Å². The SMILES string of the molecule is CC1(C)[C@@]2(CBr)CC[C@@]1(C(=O)NCCN)CC2=O. The van der Waals surface area contributed by atoms with Gasteiger partial charge in [0.25, 0.3) is 0 Å². The molecule has 2 atom stereocenters. The summed E-state index contributed by atoms with van der Waals surface area (Å²) < 4.78 is 0. The number of hydrogen-bond donors (Lipinski definition) is 2. The number of amides is 1. The second-order valence-electron chi connectivity index (χ2n) is 6.07. The Bertz CT molecular complexity index is 396. The minimum absolute atomic E-state index is 0.00613. The van der Waals surface area contributed by atoms with Crippen LogP contribution in [0.4, 0.5) is 0 Å². The lowest BCUT2D eigenvalue weighted by molar-refractivity contribution is -0.136. The molecule has 2 bridgehead atoms. The smallest absolute Gasteiger partial charge is 0.227 e. The zero-order chi connectivity index (χ0) is 13.6. The van der Waals surface area contributed by atoms with Crippen molar-refractivity contribution in [2.75, 3.05) is 18.4 Å². The van der Waals surface area contributed by atoms with Crippen LogP contribution in [0.1, 0.15) is 33.1 Å². The Kier molecular flexibility index (Phi) is 3.35. The lowest BCUT2D eigenvalue weighted by atomic mass is 9.64. The first-order valence-electron chi connectivity index (χ1n) is 6.46. The van der Waals surface area contributed by atoms with Gasteiger partial charge in [0.1, 0.15) is 5.78 Å². The van der Waals surface area contributed by atoms with E-state index < -0.39 is 5.41 Å². The molecule has 0 aliphatic heterocycles. The van der Waals surface area contributed by atoms with Crippen LogP contribution < -0.4 is 11.1 Å². The van der Waals surface area contributed by atoms with E-state index >= 15 is 0 Å². The van der Waals surface area contributed by atoms with Crippen LogP contribution >= 0.6 is 15.9 Å². The number of halogens is 1. The van der Waals surface area contributed by atoms with Crippen molar-refractivity contribution < 1.29 is 9.59 Å². The van der Waals surface area contributed by atoms with Crippen molar-refractivity contribution >= 4 is 27.6 Å². The molecule has 0 aromatic rings. The molecule has 4 nitrogen and oxygen atoms in total. The van der Waals surface area contributed by atoms with Gasteiger partial charge in [0.2, 0.25) is 5.91 Å². The van der Waals surface area contributed by atoms with E-state index in [1.54, 1.807) is 0 Å². The molecule has 2 rings (SSSR count). The van der Waals surface area contributed by atoms with Crippen LogP contribution in [0.3, 0.4) is 0 Å². The van der Waals surface area contributed by atoms with Crippen molar-refractivity contribution in [2.45, 2.75) is 33.1 Å². The predicted molar refractivity (Wildman–Crippen MR) is 73.4 cm³/mol. The van der Waals surface area contributed by atoms with Crippen LogP contribution in [0, 0.1) is 16.2 Å². The molecule has 5 heteroatoms. The van der Waals surface area contributed by atoms with E-state index in [2.05, 4.69) is 35.1 Å². The number of rotatable bonds is 4. The molecule has 0 radical (unpaired) electrons. The molecule has 2 fully saturated rings. The highest BCUT2D eigenvalue weighted by Crippen LogP contribution is 2.71. The van der Waals surface area contributed by atoms with Gasteiger partial charge in [0.15, 0.2) is 0 Å². The Morgan fingerprint density at radius 1 is 1.44 bits per heavy atom. The van der Waals surface area contributed by atoms with Gasteiger partial charge in [-0.2, -0.15) is 0 Å². The fraction of sp³-hybridized carbons (Fsp3) is 0.846. The van der Waals surface area contributed by atoms with Gasteiger partial charge in [0, 0.05) is 30.3 Å². The number of ketones is 1. The van der Waals surface area contributed by atoms with E-state index in [-0.39, 0.29) is 22.5 Å². The van der Waals surface area contributed by atoms with Crippen LogP contribution in [0.2, 0.25) is 0 Å². The number of alkyl halides is 1. The summed E-state index contributed by atoms with van der Waals surface area (Å²) in [4.78, 5) is 24.8. The van der Waals surface area contributed by atoms with Crippen molar-refractivity contribution in [1.29, 1.82) is 0 Å². The predicted octanol–water partition coefficient (Wildman–Crippen LogP) is 1.22. The molecule has 2 saturated carbocycles. The maximum Gasteiger partial charge on any atom is 0.227 e. The van der Waals surface area contributed by atoms with Gasteiger partial charge in [-0.25, -0.2) is 0 Å². The average Bonchev–Trinajstić information content (AvgIpc) is 2.66. The molecule has 0 spiro atoms. The van der Waals surface area contributed by atoms with Gasteiger partial charge >= 0.3 is 0 Å². The number of hydrogen-bond acceptors (Lipinski definition) is 3. The zero-order valence-corrected chi connectivity index (χ0v) is 12.6. The third kappa shape index (κ3) is 1.40. The van der Waals surface area contributed by atoms with E-state index in [0.717, 1.165) is 12.8 Å². The Balaban J connectivity index is 2.36. The summed E-state index contributed by atoms with van der Waals surface area (Å²) in [6, 6.07) is 0. The molecule has 1 amide bonds. The van der Waals surface area contributed by atoms with Crippen molar-refractivity contribution in [1.82, 2.24) is 5.32 Å². The Morgan fingerprint density at radius 2 is 2.11 bits per heavy atom. The first-order chi connectivity index (χ1) is 8.38. The second-order valence-corrected chi connectivity index (χ2v) is 6.63.